The van der Waals surface area contributed by atoms with E-state index in [0.29, 0.717) is 13.1 Å². The Morgan fingerprint density at radius 3 is 2.26 bits per heavy atom. The number of anilines is 1. The van der Waals surface area contributed by atoms with Gasteiger partial charge >= 0.3 is 0 Å². The topological polar surface area (TPSA) is 102 Å². The number of nitro groups is 2. The van der Waals surface area contributed by atoms with Gasteiger partial charge in [-0.25, -0.2) is 0 Å². The Kier molecular flexibility index (Phi) is 5.02. The van der Waals surface area contributed by atoms with Crippen LogP contribution in [-0.2, 0) is 0 Å². The van der Waals surface area contributed by atoms with Crippen LogP contribution < -0.4 is 5.32 Å². The SMILES string of the molecule is CN(C)CCNc1cc(Cl)c([N+](=O)[O-])cc1[N+](=O)[O-]. The molecule has 19 heavy (non-hydrogen) atoms. The largest absolute Gasteiger partial charge is 0.378 e. The van der Waals surface area contributed by atoms with Crippen molar-refractivity contribution in [3.05, 3.63) is 37.4 Å². The number of hydrogen-bond donors (Lipinski definition) is 1. The van der Waals surface area contributed by atoms with Crippen LogP contribution in [0.4, 0.5) is 17.1 Å². The third-order valence-electron chi connectivity index (χ3n) is 2.33. The first-order chi connectivity index (χ1) is 8.82. The Morgan fingerprint density at radius 2 is 1.79 bits per heavy atom. The molecule has 104 valence electrons. The first-order valence-electron chi connectivity index (χ1n) is 5.34. The van der Waals surface area contributed by atoms with Gasteiger partial charge in [-0.3, -0.25) is 20.2 Å². The summed E-state index contributed by atoms with van der Waals surface area (Å²) in [5.41, 5.74) is -0.677. The highest BCUT2D eigenvalue weighted by Crippen LogP contribution is 2.35. The van der Waals surface area contributed by atoms with Crippen molar-refractivity contribution in [3.63, 3.8) is 0 Å². The normalized spacial score (nSPS) is 10.5. The number of nitrogens with one attached hydrogen (secondary N) is 1. The van der Waals surface area contributed by atoms with E-state index in [2.05, 4.69) is 5.32 Å². The molecule has 0 fully saturated rings. The maximum Gasteiger partial charge on any atom is 0.299 e. The molecule has 0 radical (unpaired) electrons. The smallest absolute Gasteiger partial charge is 0.299 e. The quantitative estimate of drug-likeness (QED) is 0.635. The first-order valence-corrected chi connectivity index (χ1v) is 5.71. The summed E-state index contributed by atoms with van der Waals surface area (Å²) in [4.78, 5) is 22.0. The Bertz CT molecular complexity index is 507. The van der Waals surface area contributed by atoms with E-state index in [1.165, 1.54) is 6.07 Å². The van der Waals surface area contributed by atoms with Crippen LogP contribution in [0.5, 0.6) is 0 Å². The average molecular weight is 289 g/mol. The third kappa shape index (κ3) is 4.04. The second kappa shape index (κ2) is 6.30. The lowest BCUT2D eigenvalue weighted by molar-refractivity contribution is -0.393. The van der Waals surface area contributed by atoms with Gasteiger partial charge in [-0.1, -0.05) is 11.6 Å². The van der Waals surface area contributed by atoms with E-state index in [4.69, 9.17) is 11.6 Å². The molecule has 1 N–H and O–H groups in total. The molecule has 9 heteroatoms. The van der Waals surface area contributed by atoms with Crippen LogP contribution in [0.2, 0.25) is 5.02 Å². The predicted molar refractivity (Wildman–Crippen MR) is 71.8 cm³/mol. The van der Waals surface area contributed by atoms with Gasteiger partial charge in [0, 0.05) is 13.1 Å². The fraction of sp³-hybridized carbons (Fsp3) is 0.400. The Balaban J connectivity index is 3.06. The van der Waals surface area contributed by atoms with Crippen molar-refractivity contribution in [1.29, 1.82) is 0 Å². The molecule has 0 spiro atoms. The number of halogens is 1. The summed E-state index contributed by atoms with van der Waals surface area (Å²) in [5.74, 6) is 0. The van der Waals surface area contributed by atoms with Crippen LogP contribution in [0.3, 0.4) is 0 Å². The molecule has 0 atom stereocenters. The molecular formula is C10H13ClN4O4. The highest BCUT2D eigenvalue weighted by atomic mass is 35.5. The molecule has 1 rings (SSSR count). The van der Waals surface area contributed by atoms with E-state index in [9.17, 15) is 20.2 Å². The van der Waals surface area contributed by atoms with Crippen LogP contribution in [0, 0.1) is 20.2 Å². The Labute approximate surface area is 114 Å². The number of likely N-dealkylation sites (N-methyl/N-ethyl adjacent to an activating group) is 1. The van der Waals surface area contributed by atoms with Gasteiger partial charge in [0.15, 0.2) is 0 Å². The second-order valence-corrected chi connectivity index (χ2v) is 4.47. The highest BCUT2D eigenvalue weighted by Gasteiger charge is 2.23. The van der Waals surface area contributed by atoms with Crippen molar-refractivity contribution in [2.75, 3.05) is 32.5 Å². The van der Waals surface area contributed by atoms with Gasteiger partial charge in [0.05, 0.1) is 15.9 Å². The fourth-order valence-electron chi connectivity index (χ4n) is 1.40. The average Bonchev–Trinajstić information content (AvgIpc) is 2.27. The van der Waals surface area contributed by atoms with Crippen molar-refractivity contribution in [2.45, 2.75) is 0 Å². The summed E-state index contributed by atoms with van der Waals surface area (Å²) in [6, 6.07) is 2.06. The fourth-order valence-corrected chi connectivity index (χ4v) is 1.63. The van der Waals surface area contributed by atoms with Crippen LogP contribution in [0.1, 0.15) is 0 Å². The van der Waals surface area contributed by atoms with E-state index in [1.807, 2.05) is 19.0 Å². The van der Waals surface area contributed by atoms with Gasteiger partial charge in [0.1, 0.15) is 10.7 Å². The van der Waals surface area contributed by atoms with Crippen LogP contribution in [0.25, 0.3) is 0 Å². The lowest BCUT2D eigenvalue weighted by Gasteiger charge is -2.11. The molecule has 0 bridgehead atoms. The number of benzene rings is 1. The zero-order valence-corrected chi connectivity index (χ0v) is 11.2. The highest BCUT2D eigenvalue weighted by molar-refractivity contribution is 6.33. The van der Waals surface area contributed by atoms with Crippen molar-refractivity contribution in [3.8, 4) is 0 Å². The van der Waals surface area contributed by atoms with Crippen molar-refractivity contribution < 1.29 is 9.85 Å². The molecule has 0 amide bonds. The summed E-state index contributed by atoms with van der Waals surface area (Å²) in [5, 5.41) is 24.3. The van der Waals surface area contributed by atoms with E-state index < -0.39 is 15.5 Å². The van der Waals surface area contributed by atoms with E-state index in [1.54, 1.807) is 0 Å². The zero-order valence-electron chi connectivity index (χ0n) is 10.4. The van der Waals surface area contributed by atoms with Gasteiger partial charge in [-0.15, -0.1) is 0 Å². The van der Waals surface area contributed by atoms with Crippen LogP contribution in [-0.4, -0.2) is 41.9 Å². The Morgan fingerprint density at radius 1 is 1.21 bits per heavy atom. The first kappa shape index (κ1) is 15.1. The monoisotopic (exact) mass is 288 g/mol. The van der Waals surface area contributed by atoms with Crippen molar-refractivity contribution in [2.24, 2.45) is 0 Å². The predicted octanol–water partition coefficient (Wildman–Crippen LogP) is 2.13. The number of hydrogen-bond acceptors (Lipinski definition) is 6. The van der Waals surface area contributed by atoms with Gasteiger partial charge < -0.3 is 10.2 Å². The zero-order chi connectivity index (χ0) is 14.6. The number of nitro benzene ring substituents is 2. The molecule has 0 heterocycles. The molecule has 0 aliphatic rings. The minimum Gasteiger partial charge on any atom is -0.378 e. The summed E-state index contributed by atoms with van der Waals surface area (Å²) < 4.78 is 0. The van der Waals surface area contributed by atoms with Crippen LogP contribution >= 0.6 is 11.6 Å². The maximum absolute atomic E-state index is 10.9. The minimum absolute atomic E-state index is 0.136. The number of nitrogens with zero attached hydrogens (tertiary/aromatic N) is 3. The molecule has 8 nitrogen and oxygen atoms in total. The van der Waals surface area contributed by atoms with Gasteiger partial charge in [-0.2, -0.15) is 0 Å². The molecular weight excluding hydrogens is 276 g/mol. The van der Waals surface area contributed by atoms with Crippen LogP contribution in [0.15, 0.2) is 12.1 Å². The summed E-state index contributed by atoms with van der Waals surface area (Å²) in [6.45, 7) is 1.12. The Hall–Kier alpha value is -1.93. The lowest BCUT2D eigenvalue weighted by Crippen LogP contribution is -2.21. The lowest BCUT2D eigenvalue weighted by atomic mass is 10.2. The summed E-state index contributed by atoms with van der Waals surface area (Å²) in [7, 11) is 3.72. The van der Waals surface area contributed by atoms with Gasteiger partial charge in [-0.05, 0) is 20.2 Å². The van der Waals surface area contributed by atoms with Crippen molar-refractivity contribution >= 4 is 28.7 Å². The second-order valence-electron chi connectivity index (χ2n) is 4.07. The molecule has 0 aliphatic carbocycles. The van der Waals surface area contributed by atoms with Gasteiger partial charge in [0.25, 0.3) is 11.4 Å². The third-order valence-corrected chi connectivity index (χ3v) is 2.64. The minimum atomic E-state index is -0.751. The van der Waals surface area contributed by atoms with Crippen molar-refractivity contribution in [1.82, 2.24) is 4.90 Å². The molecule has 0 aromatic heterocycles. The number of rotatable bonds is 6. The van der Waals surface area contributed by atoms with E-state index in [0.717, 1.165) is 6.07 Å². The maximum atomic E-state index is 10.9. The molecule has 1 aromatic rings. The molecule has 1 aromatic carbocycles. The molecule has 0 aliphatic heterocycles. The molecule has 0 saturated carbocycles. The van der Waals surface area contributed by atoms with Gasteiger partial charge in [0.2, 0.25) is 0 Å². The summed E-state index contributed by atoms with van der Waals surface area (Å²) >= 11 is 5.73. The molecule has 0 unspecified atom stereocenters. The van der Waals surface area contributed by atoms with E-state index in [-0.39, 0.29) is 16.4 Å². The molecule has 0 saturated heterocycles. The summed E-state index contributed by atoms with van der Waals surface area (Å²) in [6.07, 6.45) is 0. The standard InChI is InChI=1S/C10H13ClN4O4/c1-13(2)4-3-12-8-5-7(11)9(14(16)17)6-10(8)15(18)19/h5-6,12H,3-4H2,1-2H3. The van der Waals surface area contributed by atoms with E-state index >= 15 is 0 Å².